The minimum absolute atomic E-state index is 0.0956. The summed E-state index contributed by atoms with van der Waals surface area (Å²) in [7, 11) is -3.14. The smallest absolute Gasteiger partial charge is 0.211 e. The third kappa shape index (κ3) is 3.18. The average molecular weight is 265 g/mol. The van der Waals surface area contributed by atoms with Crippen molar-refractivity contribution in [3.63, 3.8) is 0 Å². The van der Waals surface area contributed by atoms with Crippen LogP contribution in [0.2, 0.25) is 0 Å². The van der Waals surface area contributed by atoms with Gasteiger partial charge in [-0.25, -0.2) is 17.8 Å². The molecule has 6 heteroatoms. The normalized spacial score (nSPS) is 11.6. The van der Waals surface area contributed by atoms with E-state index in [2.05, 4.69) is 9.82 Å². The van der Waals surface area contributed by atoms with Crippen molar-refractivity contribution in [2.24, 2.45) is 0 Å². The molecule has 18 heavy (non-hydrogen) atoms. The maximum absolute atomic E-state index is 11.3. The van der Waals surface area contributed by atoms with E-state index in [0.29, 0.717) is 6.54 Å². The number of benzene rings is 1. The lowest BCUT2D eigenvalue weighted by Crippen LogP contribution is -2.24. The highest BCUT2D eigenvalue weighted by molar-refractivity contribution is 7.89. The average Bonchev–Trinajstić information content (AvgIpc) is 2.91. The van der Waals surface area contributed by atoms with Gasteiger partial charge < -0.3 is 0 Å². The summed E-state index contributed by atoms with van der Waals surface area (Å²) in [5, 5.41) is 4.12. The molecule has 2 aromatic rings. The van der Waals surface area contributed by atoms with Gasteiger partial charge in [0.15, 0.2) is 0 Å². The second-order valence-electron chi connectivity index (χ2n) is 3.84. The summed E-state index contributed by atoms with van der Waals surface area (Å²) in [5.41, 5.74) is 1.87. The van der Waals surface area contributed by atoms with E-state index in [1.54, 1.807) is 17.8 Å². The van der Waals surface area contributed by atoms with Crippen LogP contribution in [0.1, 0.15) is 12.5 Å². The molecule has 1 aromatic carbocycles. The van der Waals surface area contributed by atoms with Crippen LogP contribution >= 0.6 is 0 Å². The van der Waals surface area contributed by atoms with Crippen LogP contribution in [-0.4, -0.2) is 24.0 Å². The first-order chi connectivity index (χ1) is 8.61. The van der Waals surface area contributed by atoms with Gasteiger partial charge in [0, 0.05) is 18.9 Å². The van der Waals surface area contributed by atoms with Crippen molar-refractivity contribution in [1.82, 2.24) is 14.5 Å². The lowest BCUT2D eigenvalue weighted by atomic mass is 10.2. The fourth-order valence-electron chi connectivity index (χ4n) is 1.48. The van der Waals surface area contributed by atoms with E-state index in [1.165, 1.54) is 0 Å². The predicted molar refractivity (Wildman–Crippen MR) is 69.9 cm³/mol. The van der Waals surface area contributed by atoms with E-state index in [1.807, 2.05) is 36.5 Å². The van der Waals surface area contributed by atoms with E-state index >= 15 is 0 Å². The first kappa shape index (κ1) is 12.8. The van der Waals surface area contributed by atoms with Gasteiger partial charge >= 0.3 is 0 Å². The zero-order chi connectivity index (χ0) is 13.0. The van der Waals surface area contributed by atoms with Gasteiger partial charge in [-0.15, -0.1) is 0 Å². The number of hydrogen-bond donors (Lipinski definition) is 1. The van der Waals surface area contributed by atoms with Crippen LogP contribution in [0.3, 0.4) is 0 Å². The largest absolute Gasteiger partial charge is 0.241 e. The van der Waals surface area contributed by atoms with Gasteiger partial charge in [0.1, 0.15) is 0 Å². The molecule has 1 aromatic heterocycles. The third-order valence-corrected chi connectivity index (χ3v) is 3.93. The molecule has 0 radical (unpaired) electrons. The molecule has 0 aliphatic carbocycles. The van der Waals surface area contributed by atoms with Crippen LogP contribution in [-0.2, 0) is 16.6 Å². The quantitative estimate of drug-likeness (QED) is 0.886. The summed E-state index contributed by atoms with van der Waals surface area (Å²) in [5.74, 6) is 0.0956. The van der Waals surface area contributed by atoms with E-state index in [9.17, 15) is 8.42 Å². The molecule has 0 unspecified atom stereocenters. The van der Waals surface area contributed by atoms with Gasteiger partial charge in [-0.1, -0.05) is 12.1 Å². The van der Waals surface area contributed by atoms with E-state index in [0.717, 1.165) is 11.3 Å². The Bertz CT molecular complexity index is 589. The third-order valence-electron chi connectivity index (χ3n) is 2.58. The molecule has 2 rings (SSSR count). The van der Waals surface area contributed by atoms with Gasteiger partial charge in [-0.3, -0.25) is 0 Å². The second kappa shape index (κ2) is 5.32. The lowest BCUT2D eigenvalue weighted by Gasteiger charge is -2.06. The highest BCUT2D eigenvalue weighted by Crippen LogP contribution is 2.08. The topological polar surface area (TPSA) is 64.0 Å². The number of rotatable bonds is 5. The Labute approximate surface area is 107 Å². The van der Waals surface area contributed by atoms with Crippen molar-refractivity contribution < 1.29 is 8.42 Å². The van der Waals surface area contributed by atoms with Gasteiger partial charge in [-0.05, 0) is 30.7 Å². The first-order valence-electron chi connectivity index (χ1n) is 5.67. The molecule has 96 valence electrons. The second-order valence-corrected chi connectivity index (χ2v) is 5.94. The predicted octanol–water partition coefficient (Wildman–Crippen LogP) is 1.31. The summed E-state index contributed by atoms with van der Waals surface area (Å²) < 4.78 is 26.9. The zero-order valence-electron chi connectivity index (χ0n) is 10.1. The van der Waals surface area contributed by atoms with Crippen LogP contribution < -0.4 is 4.72 Å². The molecule has 1 N–H and O–H groups in total. The van der Waals surface area contributed by atoms with Crippen LogP contribution in [0.5, 0.6) is 0 Å². The van der Waals surface area contributed by atoms with Gasteiger partial charge in [0.2, 0.25) is 10.0 Å². The van der Waals surface area contributed by atoms with Gasteiger partial charge in [-0.2, -0.15) is 5.10 Å². The highest BCUT2D eigenvalue weighted by Gasteiger charge is 2.05. The number of nitrogens with zero attached hydrogens (tertiary/aromatic N) is 2. The summed E-state index contributed by atoms with van der Waals surface area (Å²) in [6, 6.07) is 9.43. The standard InChI is InChI=1S/C12H15N3O2S/c1-2-18(16,17)14-10-11-4-6-12(7-5-11)15-9-3-8-13-15/h3-9,14H,2,10H2,1H3. The molecule has 0 fully saturated rings. The maximum atomic E-state index is 11.3. The Morgan fingerprint density at radius 2 is 2.00 bits per heavy atom. The van der Waals surface area contributed by atoms with Crippen molar-refractivity contribution in [3.05, 3.63) is 48.3 Å². The molecule has 1 heterocycles. The van der Waals surface area contributed by atoms with Crippen molar-refractivity contribution in [3.8, 4) is 5.69 Å². The molecule has 0 bridgehead atoms. The minimum Gasteiger partial charge on any atom is -0.241 e. The van der Waals surface area contributed by atoms with E-state index in [4.69, 9.17) is 0 Å². The molecular formula is C12H15N3O2S. The summed E-state index contributed by atoms with van der Waals surface area (Å²) in [6.07, 6.45) is 3.57. The van der Waals surface area contributed by atoms with Crippen LogP contribution in [0, 0.1) is 0 Å². The molecular weight excluding hydrogens is 250 g/mol. The summed E-state index contributed by atoms with van der Waals surface area (Å²) >= 11 is 0. The SMILES string of the molecule is CCS(=O)(=O)NCc1ccc(-n2cccn2)cc1. The monoisotopic (exact) mass is 265 g/mol. The highest BCUT2D eigenvalue weighted by atomic mass is 32.2. The molecule has 0 saturated carbocycles. The van der Waals surface area contributed by atoms with Crippen LogP contribution in [0.15, 0.2) is 42.7 Å². The molecule has 0 saturated heterocycles. The number of sulfonamides is 1. The molecule has 0 amide bonds. The van der Waals surface area contributed by atoms with Crippen LogP contribution in [0.4, 0.5) is 0 Å². The Balaban J connectivity index is 2.05. The fourth-order valence-corrected chi connectivity index (χ4v) is 2.07. The van der Waals surface area contributed by atoms with Crippen molar-refractivity contribution in [1.29, 1.82) is 0 Å². The van der Waals surface area contributed by atoms with Crippen molar-refractivity contribution in [2.75, 3.05) is 5.75 Å². The number of hydrogen-bond acceptors (Lipinski definition) is 3. The number of nitrogens with one attached hydrogen (secondary N) is 1. The van der Waals surface area contributed by atoms with Gasteiger partial charge in [0.25, 0.3) is 0 Å². The summed E-state index contributed by atoms with van der Waals surface area (Å²) in [6.45, 7) is 1.93. The Morgan fingerprint density at radius 1 is 1.28 bits per heavy atom. The first-order valence-corrected chi connectivity index (χ1v) is 7.32. The number of aromatic nitrogens is 2. The summed E-state index contributed by atoms with van der Waals surface area (Å²) in [4.78, 5) is 0. The fraction of sp³-hybridized carbons (Fsp3) is 0.250. The van der Waals surface area contributed by atoms with Crippen molar-refractivity contribution >= 4 is 10.0 Å². The Hall–Kier alpha value is -1.66. The molecule has 5 nitrogen and oxygen atoms in total. The molecule has 0 atom stereocenters. The zero-order valence-corrected chi connectivity index (χ0v) is 10.9. The minimum atomic E-state index is -3.14. The molecule has 0 aliphatic rings. The lowest BCUT2D eigenvalue weighted by molar-refractivity contribution is 0.582. The van der Waals surface area contributed by atoms with Gasteiger partial charge in [0.05, 0.1) is 11.4 Å². The van der Waals surface area contributed by atoms with E-state index < -0.39 is 10.0 Å². The molecule has 0 spiro atoms. The molecule has 0 aliphatic heterocycles. The van der Waals surface area contributed by atoms with Crippen LogP contribution in [0.25, 0.3) is 5.69 Å². The van der Waals surface area contributed by atoms with E-state index in [-0.39, 0.29) is 5.75 Å². The Kier molecular flexibility index (Phi) is 3.78. The maximum Gasteiger partial charge on any atom is 0.211 e. The Morgan fingerprint density at radius 3 is 2.56 bits per heavy atom. The van der Waals surface area contributed by atoms with Crippen molar-refractivity contribution in [2.45, 2.75) is 13.5 Å².